The monoisotopic (exact) mass is 325 g/mol. The van der Waals surface area contributed by atoms with E-state index in [0.717, 1.165) is 40.7 Å². The van der Waals surface area contributed by atoms with Gasteiger partial charge in [0, 0.05) is 24.7 Å². The van der Waals surface area contributed by atoms with Crippen molar-refractivity contribution in [2.45, 2.75) is 32.4 Å². The molecule has 0 aliphatic carbocycles. The van der Waals surface area contributed by atoms with E-state index in [1.165, 1.54) is 0 Å². The lowest BCUT2D eigenvalue weighted by molar-refractivity contribution is 0.186. The maximum absolute atomic E-state index is 6.24. The minimum atomic E-state index is -0.0855. The zero-order chi connectivity index (χ0) is 13.8. The Hall–Kier alpha value is -0.910. The molecular formula is C14H20BrN3O. The van der Waals surface area contributed by atoms with Crippen molar-refractivity contribution >= 4 is 27.0 Å². The Morgan fingerprint density at radius 2 is 2.26 bits per heavy atom. The van der Waals surface area contributed by atoms with Gasteiger partial charge in [-0.25, -0.2) is 4.98 Å². The number of hydrogen-bond acceptors (Lipinski definition) is 3. The van der Waals surface area contributed by atoms with Crippen LogP contribution in [0.3, 0.4) is 0 Å². The molecule has 1 heterocycles. The van der Waals surface area contributed by atoms with E-state index in [0.29, 0.717) is 6.61 Å². The first kappa shape index (κ1) is 14.5. The molecule has 0 aliphatic heterocycles. The molecule has 0 saturated heterocycles. The van der Waals surface area contributed by atoms with Crippen molar-refractivity contribution in [1.29, 1.82) is 0 Å². The molecule has 1 unspecified atom stereocenters. The molecule has 0 saturated carbocycles. The lowest BCUT2D eigenvalue weighted by Crippen LogP contribution is -2.18. The largest absolute Gasteiger partial charge is 0.385 e. The van der Waals surface area contributed by atoms with Crippen LogP contribution in [0, 0.1) is 0 Å². The molecule has 0 spiro atoms. The Morgan fingerprint density at radius 3 is 2.95 bits per heavy atom. The number of benzene rings is 1. The number of hydrogen-bond donors (Lipinski definition) is 1. The van der Waals surface area contributed by atoms with Gasteiger partial charge in [0.1, 0.15) is 5.82 Å². The van der Waals surface area contributed by atoms with Crippen molar-refractivity contribution in [3.8, 4) is 0 Å². The molecule has 0 bridgehead atoms. The second kappa shape index (κ2) is 6.50. The zero-order valence-electron chi connectivity index (χ0n) is 11.4. The van der Waals surface area contributed by atoms with Gasteiger partial charge in [-0.2, -0.15) is 0 Å². The van der Waals surface area contributed by atoms with Crippen LogP contribution in [-0.2, 0) is 11.3 Å². The Balaban J connectivity index is 2.43. The van der Waals surface area contributed by atoms with E-state index in [4.69, 9.17) is 15.5 Å². The standard InChI is InChI=1S/C14H20BrN3O/c1-3-7-18-13-5-4-10(15)9-12(13)17-14(18)11(16)6-8-19-2/h4-5,9,11H,3,6-8,16H2,1-2H3. The summed E-state index contributed by atoms with van der Waals surface area (Å²) < 4.78 is 8.37. The number of methoxy groups -OCH3 is 1. The van der Waals surface area contributed by atoms with Gasteiger partial charge in [-0.05, 0) is 31.0 Å². The predicted octanol–water partition coefficient (Wildman–Crippen LogP) is 3.25. The minimum absolute atomic E-state index is 0.0855. The van der Waals surface area contributed by atoms with E-state index in [2.05, 4.69) is 33.5 Å². The molecule has 1 aromatic heterocycles. The maximum atomic E-state index is 6.24. The molecule has 0 fully saturated rings. The van der Waals surface area contributed by atoms with E-state index >= 15 is 0 Å². The smallest absolute Gasteiger partial charge is 0.126 e. The summed E-state index contributed by atoms with van der Waals surface area (Å²) in [5.41, 5.74) is 8.38. The van der Waals surface area contributed by atoms with E-state index in [9.17, 15) is 0 Å². The Labute approximate surface area is 122 Å². The van der Waals surface area contributed by atoms with Crippen LogP contribution in [0.4, 0.5) is 0 Å². The normalized spacial score (nSPS) is 13.1. The van der Waals surface area contributed by atoms with Crippen LogP contribution in [0.1, 0.15) is 31.6 Å². The summed E-state index contributed by atoms with van der Waals surface area (Å²) in [6.45, 7) is 3.75. The molecule has 104 valence electrons. The quantitative estimate of drug-likeness (QED) is 0.886. The van der Waals surface area contributed by atoms with E-state index in [1.54, 1.807) is 7.11 Å². The van der Waals surface area contributed by atoms with Crippen LogP contribution < -0.4 is 5.73 Å². The number of aryl methyl sites for hydroxylation is 1. The first-order valence-electron chi connectivity index (χ1n) is 6.57. The summed E-state index contributed by atoms with van der Waals surface area (Å²) >= 11 is 3.48. The van der Waals surface area contributed by atoms with Gasteiger partial charge in [0.15, 0.2) is 0 Å². The van der Waals surface area contributed by atoms with Crippen molar-refractivity contribution < 1.29 is 4.74 Å². The van der Waals surface area contributed by atoms with Crippen LogP contribution >= 0.6 is 15.9 Å². The number of ether oxygens (including phenoxy) is 1. The highest BCUT2D eigenvalue weighted by atomic mass is 79.9. The molecule has 1 aromatic carbocycles. The molecule has 19 heavy (non-hydrogen) atoms. The Kier molecular flexibility index (Phi) is 4.96. The van der Waals surface area contributed by atoms with Gasteiger partial charge >= 0.3 is 0 Å². The first-order valence-corrected chi connectivity index (χ1v) is 7.36. The van der Waals surface area contributed by atoms with Crippen LogP contribution in [-0.4, -0.2) is 23.3 Å². The topological polar surface area (TPSA) is 53.1 Å². The average Bonchev–Trinajstić information content (AvgIpc) is 2.74. The molecule has 2 rings (SSSR count). The van der Waals surface area contributed by atoms with Crippen molar-refractivity contribution in [3.63, 3.8) is 0 Å². The number of halogens is 1. The van der Waals surface area contributed by atoms with E-state index in [-0.39, 0.29) is 6.04 Å². The summed E-state index contributed by atoms with van der Waals surface area (Å²) in [4.78, 5) is 4.70. The van der Waals surface area contributed by atoms with Gasteiger partial charge in [-0.15, -0.1) is 0 Å². The third-order valence-corrected chi connectivity index (χ3v) is 3.64. The van der Waals surface area contributed by atoms with Crippen molar-refractivity contribution in [3.05, 3.63) is 28.5 Å². The molecule has 0 amide bonds. The fourth-order valence-corrected chi connectivity index (χ4v) is 2.59. The number of imidazole rings is 1. The molecule has 0 radical (unpaired) electrons. The van der Waals surface area contributed by atoms with Gasteiger partial charge in [0.2, 0.25) is 0 Å². The number of nitrogens with two attached hydrogens (primary N) is 1. The fourth-order valence-electron chi connectivity index (χ4n) is 2.24. The van der Waals surface area contributed by atoms with Crippen molar-refractivity contribution in [2.75, 3.05) is 13.7 Å². The number of nitrogens with zero attached hydrogens (tertiary/aromatic N) is 2. The number of rotatable bonds is 6. The summed E-state index contributed by atoms with van der Waals surface area (Å²) in [5.74, 6) is 0.951. The van der Waals surface area contributed by atoms with Gasteiger partial charge in [0.05, 0.1) is 17.1 Å². The fraction of sp³-hybridized carbons (Fsp3) is 0.500. The summed E-state index contributed by atoms with van der Waals surface area (Å²) in [6.07, 6.45) is 1.84. The third kappa shape index (κ3) is 3.16. The zero-order valence-corrected chi connectivity index (χ0v) is 13.0. The third-order valence-electron chi connectivity index (χ3n) is 3.15. The second-order valence-corrected chi connectivity index (χ2v) is 5.56. The van der Waals surface area contributed by atoms with Gasteiger partial charge in [-0.1, -0.05) is 22.9 Å². The Morgan fingerprint density at radius 1 is 1.47 bits per heavy atom. The molecule has 4 nitrogen and oxygen atoms in total. The summed E-state index contributed by atoms with van der Waals surface area (Å²) in [5, 5.41) is 0. The van der Waals surface area contributed by atoms with Crippen molar-refractivity contribution in [1.82, 2.24) is 9.55 Å². The number of aromatic nitrogens is 2. The van der Waals surface area contributed by atoms with Crippen LogP contribution in [0.2, 0.25) is 0 Å². The second-order valence-electron chi connectivity index (χ2n) is 4.64. The lowest BCUT2D eigenvalue weighted by Gasteiger charge is -2.13. The van der Waals surface area contributed by atoms with Crippen LogP contribution in [0.15, 0.2) is 22.7 Å². The van der Waals surface area contributed by atoms with Gasteiger partial charge in [-0.3, -0.25) is 0 Å². The first-order chi connectivity index (χ1) is 9.17. The van der Waals surface area contributed by atoms with Crippen molar-refractivity contribution in [2.24, 2.45) is 5.73 Å². The molecule has 2 N–H and O–H groups in total. The molecule has 0 aliphatic rings. The number of fused-ring (bicyclic) bond motifs is 1. The molecule has 5 heteroatoms. The SMILES string of the molecule is CCCn1c(C(N)CCOC)nc2cc(Br)ccc21. The highest BCUT2D eigenvalue weighted by Crippen LogP contribution is 2.24. The minimum Gasteiger partial charge on any atom is -0.385 e. The van der Waals surface area contributed by atoms with E-state index in [1.807, 2.05) is 12.1 Å². The molecular weight excluding hydrogens is 306 g/mol. The lowest BCUT2D eigenvalue weighted by atomic mass is 10.2. The summed E-state index contributed by atoms with van der Waals surface area (Å²) in [6, 6.07) is 6.08. The highest BCUT2D eigenvalue weighted by molar-refractivity contribution is 9.10. The summed E-state index contributed by atoms with van der Waals surface area (Å²) in [7, 11) is 1.69. The average molecular weight is 326 g/mol. The highest BCUT2D eigenvalue weighted by Gasteiger charge is 2.16. The van der Waals surface area contributed by atoms with Crippen LogP contribution in [0.25, 0.3) is 11.0 Å². The van der Waals surface area contributed by atoms with Gasteiger partial charge in [0.25, 0.3) is 0 Å². The van der Waals surface area contributed by atoms with E-state index < -0.39 is 0 Å². The van der Waals surface area contributed by atoms with Crippen LogP contribution in [0.5, 0.6) is 0 Å². The molecule has 1 atom stereocenters. The predicted molar refractivity (Wildman–Crippen MR) is 81.1 cm³/mol. The Bertz CT molecular complexity index is 553. The van der Waals surface area contributed by atoms with Gasteiger partial charge < -0.3 is 15.0 Å². The maximum Gasteiger partial charge on any atom is 0.126 e. The molecule has 2 aromatic rings.